The average Bonchev–Trinajstić information content (AvgIpc) is 2.97. The Morgan fingerprint density at radius 3 is 2.64 bits per heavy atom. The van der Waals surface area contributed by atoms with Crippen molar-refractivity contribution in [2.24, 2.45) is 0 Å². The molecule has 1 heterocycles. The Balaban J connectivity index is 1.91. The fraction of sp³-hybridized carbons (Fsp3) is 0.263. The Bertz CT molecular complexity index is 776. The predicted molar refractivity (Wildman–Crippen MR) is 101 cm³/mol. The summed E-state index contributed by atoms with van der Waals surface area (Å²) in [5.41, 5.74) is 2.54. The molecular weight excluding hydrogens is 336 g/mol. The first-order chi connectivity index (χ1) is 12.1. The van der Waals surface area contributed by atoms with Gasteiger partial charge in [-0.05, 0) is 36.8 Å². The third-order valence-electron chi connectivity index (χ3n) is 3.81. The molecule has 2 aromatic rings. The zero-order chi connectivity index (χ0) is 17.8. The molecule has 1 fully saturated rings. The smallest absolute Gasteiger partial charge is 0.238 e. The van der Waals surface area contributed by atoms with Crippen LogP contribution in [-0.2, 0) is 9.59 Å². The number of nitrogens with one attached hydrogen (secondary N) is 1. The monoisotopic (exact) mass is 356 g/mol. The topological polar surface area (TPSA) is 58.6 Å². The van der Waals surface area contributed by atoms with Crippen LogP contribution in [0, 0.1) is 0 Å². The second-order valence-corrected chi connectivity index (χ2v) is 6.70. The van der Waals surface area contributed by atoms with E-state index < -0.39 is 0 Å². The standard InChI is InChI=1S/C19H20N2O3S/c1-3-24-17-7-5-4-6-16(17)21-18(23)12-25-19(21)14-8-10-15(11-9-14)20-13(2)22/h4-11,19H,3,12H2,1-2H3,(H,20,22)/t19-/m0/s1. The van der Waals surface area contributed by atoms with Crippen LogP contribution < -0.4 is 15.0 Å². The molecule has 1 aliphatic rings. The highest BCUT2D eigenvalue weighted by Crippen LogP contribution is 2.44. The third kappa shape index (κ3) is 3.79. The number of amides is 2. The Morgan fingerprint density at radius 1 is 1.24 bits per heavy atom. The lowest BCUT2D eigenvalue weighted by atomic mass is 10.1. The maximum Gasteiger partial charge on any atom is 0.238 e. The van der Waals surface area contributed by atoms with Gasteiger partial charge in [0.05, 0.1) is 18.0 Å². The SMILES string of the molecule is CCOc1ccccc1N1C(=O)CS[C@H]1c1ccc(NC(C)=O)cc1. The average molecular weight is 356 g/mol. The molecule has 2 amide bonds. The van der Waals surface area contributed by atoms with Crippen LogP contribution in [0.1, 0.15) is 24.8 Å². The molecule has 2 aromatic carbocycles. The van der Waals surface area contributed by atoms with E-state index in [0.29, 0.717) is 18.1 Å². The first-order valence-electron chi connectivity index (χ1n) is 8.13. The molecule has 0 radical (unpaired) electrons. The number of hydrogen-bond donors (Lipinski definition) is 1. The van der Waals surface area contributed by atoms with Crippen LogP contribution in [0.3, 0.4) is 0 Å². The fourth-order valence-corrected chi connectivity index (χ4v) is 3.97. The lowest BCUT2D eigenvalue weighted by Crippen LogP contribution is -2.28. The molecule has 1 saturated heterocycles. The van der Waals surface area contributed by atoms with Crippen molar-refractivity contribution >= 4 is 35.0 Å². The van der Waals surface area contributed by atoms with Gasteiger partial charge in [0, 0.05) is 12.6 Å². The summed E-state index contributed by atoms with van der Waals surface area (Å²) in [6.45, 7) is 3.95. The Kier molecular flexibility index (Phi) is 5.28. The van der Waals surface area contributed by atoms with Gasteiger partial charge in [0.15, 0.2) is 0 Å². The highest BCUT2D eigenvalue weighted by molar-refractivity contribution is 8.00. The number of rotatable bonds is 5. The zero-order valence-corrected chi connectivity index (χ0v) is 15.0. The molecule has 0 bridgehead atoms. The molecule has 1 N–H and O–H groups in total. The van der Waals surface area contributed by atoms with Crippen molar-refractivity contribution in [1.29, 1.82) is 0 Å². The number of nitrogens with zero attached hydrogens (tertiary/aromatic N) is 1. The molecule has 25 heavy (non-hydrogen) atoms. The van der Waals surface area contributed by atoms with E-state index in [-0.39, 0.29) is 17.2 Å². The van der Waals surface area contributed by atoms with Gasteiger partial charge in [0.2, 0.25) is 11.8 Å². The Labute approximate surface area is 151 Å². The summed E-state index contributed by atoms with van der Waals surface area (Å²) in [6, 6.07) is 15.2. The van der Waals surface area contributed by atoms with Crippen molar-refractivity contribution in [2.45, 2.75) is 19.2 Å². The number of benzene rings is 2. The largest absolute Gasteiger partial charge is 0.492 e. The predicted octanol–water partition coefficient (Wildman–Crippen LogP) is 3.82. The number of hydrogen-bond acceptors (Lipinski definition) is 4. The number of carbonyl (C=O) groups is 2. The summed E-state index contributed by atoms with van der Waals surface area (Å²) >= 11 is 1.59. The molecule has 0 saturated carbocycles. The zero-order valence-electron chi connectivity index (χ0n) is 14.2. The quantitative estimate of drug-likeness (QED) is 0.885. The van der Waals surface area contributed by atoms with E-state index in [4.69, 9.17) is 4.74 Å². The number of para-hydroxylation sites is 2. The first kappa shape index (κ1) is 17.4. The molecule has 6 heteroatoms. The molecule has 3 rings (SSSR count). The number of ether oxygens (including phenoxy) is 1. The number of anilines is 2. The molecule has 0 spiro atoms. The van der Waals surface area contributed by atoms with Crippen molar-refractivity contribution in [3.63, 3.8) is 0 Å². The molecule has 1 aliphatic heterocycles. The van der Waals surface area contributed by atoms with Gasteiger partial charge >= 0.3 is 0 Å². The molecule has 5 nitrogen and oxygen atoms in total. The van der Waals surface area contributed by atoms with Gasteiger partial charge in [0.25, 0.3) is 0 Å². The van der Waals surface area contributed by atoms with Gasteiger partial charge in [0.1, 0.15) is 11.1 Å². The fourth-order valence-electron chi connectivity index (χ4n) is 2.80. The molecule has 1 atom stereocenters. The van der Waals surface area contributed by atoms with Crippen molar-refractivity contribution in [3.8, 4) is 5.75 Å². The minimum absolute atomic E-state index is 0.0630. The highest BCUT2D eigenvalue weighted by Gasteiger charge is 2.35. The minimum atomic E-state index is -0.111. The van der Waals surface area contributed by atoms with Crippen LogP contribution in [-0.4, -0.2) is 24.2 Å². The number of carbonyl (C=O) groups excluding carboxylic acids is 2. The summed E-state index contributed by atoms with van der Waals surface area (Å²) in [5, 5.41) is 2.64. The maximum atomic E-state index is 12.5. The third-order valence-corrected chi connectivity index (χ3v) is 5.02. The van der Waals surface area contributed by atoms with E-state index in [0.717, 1.165) is 16.9 Å². The number of thioether (sulfide) groups is 1. The van der Waals surface area contributed by atoms with Gasteiger partial charge in [-0.1, -0.05) is 24.3 Å². The maximum absolute atomic E-state index is 12.5. The van der Waals surface area contributed by atoms with E-state index >= 15 is 0 Å². The second kappa shape index (κ2) is 7.61. The van der Waals surface area contributed by atoms with Crippen LogP contribution in [0.4, 0.5) is 11.4 Å². The van der Waals surface area contributed by atoms with Gasteiger partial charge in [-0.2, -0.15) is 0 Å². The van der Waals surface area contributed by atoms with Crippen molar-refractivity contribution in [2.75, 3.05) is 22.6 Å². The van der Waals surface area contributed by atoms with E-state index in [1.807, 2.05) is 55.5 Å². The molecule has 130 valence electrons. The van der Waals surface area contributed by atoms with Gasteiger partial charge < -0.3 is 10.1 Å². The van der Waals surface area contributed by atoms with E-state index in [1.54, 1.807) is 16.7 Å². The lowest BCUT2D eigenvalue weighted by Gasteiger charge is -2.26. The van der Waals surface area contributed by atoms with Gasteiger partial charge in [-0.25, -0.2) is 0 Å². The summed E-state index contributed by atoms with van der Waals surface area (Å²) in [4.78, 5) is 25.5. The first-order valence-corrected chi connectivity index (χ1v) is 9.18. The van der Waals surface area contributed by atoms with Gasteiger partial charge in [-0.3, -0.25) is 14.5 Å². The Hall–Kier alpha value is -2.47. The van der Waals surface area contributed by atoms with Gasteiger partial charge in [-0.15, -0.1) is 11.8 Å². The van der Waals surface area contributed by atoms with Crippen molar-refractivity contribution in [1.82, 2.24) is 0 Å². The van der Waals surface area contributed by atoms with E-state index in [2.05, 4.69) is 5.32 Å². The highest BCUT2D eigenvalue weighted by atomic mass is 32.2. The second-order valence-electron chi connectivity index (χ2n) is 5.63. The van der Waals surface area contributed by atoms with Crippen LogP contribution >= 0.6 is 11.8 Å². The van der Waals surface area contributed by atoms with Crippen LogP contribution in [0.25, 0.3) is 0 Å². The normalized spacial score (nSPS) is 16.8. The molecule has 0 aliphatic carbocycles. The molecular formula is C19H20N2O3S. The Morgan fingerprint density at radius 2 is 1.96 bits per heavy atom. The minimum Gasteiger partial charge on any atom is -0.492 e. The van der Waals surface area contributed by atoms with E-state index in [9.17, 15) is 9.59 Å². The van der Waals surface area contributed by atoms with Crippen LogP contribution in [0.15, 0.2) is 48.5 Å². The summed E-state index contributed by atoms with van der Waals surface area (Å²) in [7, 11) is 0. The lowest BCUT2D eigenvalue weighted by molar-refractivity contribution is -0.116. The van der Waals surface area contributed by atoms with Crippen molar-refractivity contribution in [3.05, 3.63) is 54.1 Å². The van der Waals surface area contributed by atoms with Crippen LogP contribution in [0.2, 0.25) is 0 Å². The molecule has 0 aromatic heterocycles. The van der Waals surface area contributed by atoms with E-state index in [1.165, 1.54) is 6.92 Å². The summed E-state index contributed by atoms with van der Waals surface area (Å²) in [5.74, 6) is 1.10. The summed E-state index contributed by atoms with van der Waals surface area (Å²) in [6.07, 6.45) is 0. The molecule has 0 unspecified atom stereocenters. The van der Waals surface area contributed by atoms with Crippen molar-refractivity contribution < 1.29 is 14.3 Å². The summed E-state index contributed by atoms with van der Waals surface area (Å²) < 4.78 is 5.69. The van der Waals surface area contributed by atoms with Crippen LogP contribution in [0.5, 0.6) is 5.75 Å².